The number of hydrogen-bond acceptors (Lipinski definition) is 3. The van der Waals surface area contributed by atoms with E-state index in [4.69, 9.17) is 11.6 Å². The maximum atomic E-state index is 5.95. The highest BCUT2D eigenvalue weighted by molar-refractivity contribution is 7.98. The Morgan fingerprint density at radius 1 is 0.783 bits per heavy atom. The van der Waals surface area contributed by atoms with Crippen molar-refractivity contribution in [3.8, 4) is 0 Å². The Kier molecular flexibility index (Phi) is 6.01. The standard InChI is InChI=1S/C19H23ClN2S/c1-23-19-8-4-17(5-9-19)15-22-12-10-21(11-13-22)14-16-2-6-18(20)7-3-16/h2-9H,10-15H2,1H3. The first-order valence-electron chi connectivity index (χ1n) is 8.05. The molecule has 3 rings (SSSR count). The number of nitrogens with zero attached hydrogens (tertiary/aromatic N) is 2. The summed E-state index contributed by atoms with van der Waals surface area (Å²) in [6.07, 6.45) is 2.12. The first-order valence-corrected chi connectivity index (χ1v) is 9.65. The third kappa shape index (κ3) is 4.98. The number of halogens is 1. The van der Waals surface area contributed by atoms with Crippen molar-refractivity contribution >= 4 is 23.4 Å². The second-order valence-electron chi connectivity index (χ2n) is 6.03. The predicted molar refractivity (Wildman–Crippen MR) is 100 cm³/mol. The Morgan fingerprint density at radius 3 is 1.65 bits per heavy atom. The van der Waals surface area contributed by atoms with Crippen LogP contribution in [0.15, 0.2) is 53.4 Å². The molecule has 2 aromatic carbocycles. The van der Waals surface area contributed by atoms with E-state index in [1.807, 2.05) is 12.1 Å². The number of thioether (sulfide) groups is 1. The van der Waals surface area contributed by atoms with Crippen LogP contribution in [0.2, 0.25) is 5.02 Å². The van der Waals surface area contributed by atoms with Crippen molar-refractivity contribution in [3.05, 3.63) is 64.7 Å². The van der Waals surface area contributed by atoms with Gasteiger partial charge in [0.05, 0.1) is 0 Å². The van der Waals surface area contributed by atoms with Gasteiger partial charge in [0.25, 0.3) is 0 Å². The van der Waals surface area contributed by atoms with E-state index in [1.165, 1.54) is 16.0 Å². The smallest absolute Gasteiger partial charge is 0.0406 e. The van der Waals surface area contributed by atoms with E-state index >= 15 is 0 Å². The van der Waals surface area contributed by atoms with E-state index in [0.717, 1.165) is 44.3 Å². The minimum absolute atomic E-state index is 0.811. The van der Waals surface area contributed by atoms with Crippen molar-refractivity contribution in [2.45, 2.75) is 18.0 Å². The molecule has 1 aliphatic rings. The van der Waals surface area contributed by atoms with Crippen LogP contribution < -0.4 is 0 Å². The van der Waals surface area contributed by atoms with Crippen molar-refractivity contribution < 1.29 is 0 Å². The lowest BCUT2D eigenvalue weighted by atomic mass is 10.1. The molecule has 1 saturated heterocycles. The van der Waals surface area contributed by atoms with Gasteiger partial charge < -0.3 is 0 Å². The fourth-order valence-electron chi connectivity index (χ4n) is 2.94. The SMILES string of the molecule is CSc1ccc(CN2CCN(Cc3ccc(Cl)cc3)CC2)cc1. The maximum Gasteiger partial charge on any atom is 0.0406 e. The zero-order valence-electron chi connectivity index (χ0n) is 13.5. The molecule has 4 heteroatoms. The topological polar surface area (TPSA) is 6.48 Å². The van der Waals surface area contributed by atoms with E-state index in [2.05, 4.69) is 52.5 Å². The first-order chi connectivity index (χ1) is 11.2. The summed E-state index contributed by atoms with van der Waals surface area (Å²) in [7, 11) is 0. The molecule has 0 amide bonds. The largest absolute Gasteiger partial charge is 0.297 e. The Hall–Kier alpha value is -1.00. The highest BCUT2D eigenvalue weighted by Gasteiger charge is 2.17. The minimum atomic E-state index is 0.811. The van der Waals surface area contributed by atoms with Gasteiger partial charge in [-0.15, -0.1) is 11.8 Å². The molecule has 23 heavy (non-hydrogen) atoms. The summed E-state index contributed by atoms with van der Waals surface area (Å²) in [5.41, 5.74) is 2.75. The van der Waals surface area contributed by atoms with Gasteiger partial charge >= 0.3 is 0 Å². The fraction of sp³-hybridized carbons (Fsp3) is 0.368. The van der Waals surface area contributed by atoms with Gasteiger partial charge in [0.15, 0.2) is 0 Å². The highest BCUT2D eigenvalue weighted by Crippen LogP contribution is 2.17. The van der Waals surface area contributed by atoms with Crippen LogP contribution in [0.3, 0.4) is 0 Å². The predicted octanol–water partition coefficient (Wildman–Crippen LogP) is 4.38. The molecule has 0 aromatic heterocycles. The van der Waals surface area contributed by atoms with E-state index in [0.29, 0.717) is 0 Å². The Bertz CT molecular complexity index is 604. The molecule has 1 fully saturated rings. The summed E-state index contributed by atoms with van der Waals surface area (Å²) in [6, 6.07) is 17.2. The molecule has 1 aliphatic heterocycles. The van der Waals surface area contributed by atoms with Crippen LogP contribution in [0.4, 0.5) is 0 Å². The second-order valence-corrected chi connectivity index (χ2v) is 7.34. The number of piperazine rings is 1. The van der Waals surface area contributed by atoms with Gasteiger partial charge in [-0.25, -0.2) is 0 Å². The van der Waals surface area contributed by atoms with Gasteiger partial charge in [0.1, 0.15) is 0 Å². The second kappa shape index (κ2) is 8.20. The van der Waals surface area contributed by atoms with Crippen molar-refractivity contribution in [2.75, 3.05) is 32.4 Å². The molecule has 0 spiro atoms. The van der Waals surface area contributed by atoms with Gasteiger partial charge in [0, 0.05) is 49.2 Å². The Balaban J connectivity index is 1.47. The minimum Gasteiger partial charge on any atom is -0.297 e. The van der Waals surface area contributed by atoms with E-state index in [1.54, 1.807) is 11.8 Å². The average molecular weight is 347 g/mol. The van der Waals surface area contributed by atoms with Crippen molar-refractivity contribution in [2.24, 2.45) is 0 Å². The fourth-order valence-corrected chi connectivity index (χ4v) is 3.48. The summed E-state index contributed by atoms with van der Waals surface area (Å²) >= 11 is 7.75. The Morgan fingerprint density at radius 2 is 1.22 bits per heavy atom. The average Bonchev–Trinajstić information content (AvgIpc) is 2.59. The van der Waals surface area contributed by atoms with E-state index < -0.39 is 0 Å². The summed E-state index contributed by atoms with van der Waals surface area (Å²) in [4.78, 5) is 6.41. The van der Waals surface area contributed by atoms with Gasteiger partial charge in [-0.05, 0) is 41.6 Å². The third-order valence-electron chi connectivity index (χ3n) is 4.35. The monoisotopic (exact) mass is 346 g/mol. The lowest BCUT2D eigenvalue weighted by Crippen LogP contribution is -2.45. The van der Waals surface area contributed by atoms with Crippen LogP contribution in [-0.2, 0) is 13.1 Å². The molecule has 0 aliphatic carbocycles. The molecular formula is C19H23ClN2S. The molecule has 1 heterocycles. The quantitative estimate of drug-likeness (QED) is 0.742. The molecule has 2 nitrogen and oxygen atoms in total. The molecule has 0 unspecified atom stereocenters. The number of rotatable bonds is 5. The van der Waals surface area contributed by atoms with Crippen molar-refractivity contribution in [1.82, 2.24) is 9.80 Å². The lowest BCUT2D eigenvalue weighted by molar-refractivity contribution is 0.122. The lowest BCUT2D eigenvalue weighted by Gasteiger charge is -2.34. The van der Waals surface area contributed by atoms with Crippen molar-refractivity contribution in [3.63, 3.8) is 0 Å². The van der Waals surface area contributed by atoms with Crippen LogP contribution in [0, 0.1) is 0 Å². The number of hydrogen-bond donors (Lipinski definition) is 0. The molecule has 0 saturated carbocycles. The normalized spacial score (nSPS) is 16.6. The van der Waals surface area contributed by atoms with Gasteiger partial charge in [-0.3, -0.25) is 9.80 Å². The molecule has 0 radical (unpaired) electrons. The van der Waals surface area contributed by atoms with Crippen molar-refractivity contribution in [1.29, 1.82) is 0 Å². The van der Waals surface area contributed by atoms with Crippen LogP contribution >= 0.6 is 23.4 Å². The Labute approximate surface area is 148 Å². The summed E-state index contributed by atoms with van der Waals surface area (Å²) in [5.74, 6) is 0. The molecular weight excluding hydrogens is 324 g/mol. The zero-order chi connectivity index (χ0) is 16.1. The first kappa shape index (κ1) is 16.8. The maximum absolute atomic E-state index is 5.95. The summed E-state index contributed by atoms with van der Waals surface area (Å²) < 4.78 is 0. The van der Waals surface area contributed by atoms with Gasteiger partial charge in [-0.1, -0.05) is 35.9 Å². The van der Waals surface area contributed by atoms with E-state index in [9.17, 15) is 0 Å². The molecule has 0 atom stereocenters. The molecule has 0 N–H and O–H groups in total. The highest BCUT2D eigenvalue weighted by atomic mass is 35.5. The summed E-state index contributed by atoms with van der Waals surface area (Å²) in [5, 5.41) is 0.811. The van der Waals surface area contributed by atoms with Crippen LogP contribution in [0.1, 0.15) is 11.1 Å². The van der Waals surface area contributed by atoms with Gasteiger partial charge in [-0.2, -0.15) is 0 Å². The van der Waals surface area contributed by atoms with Gasteiger partial charge in [0.2, 0.25) is 0 Å². The van der Waals surface area contributed by atoms with Crippen LogP contribution in [-0.4, -0.2) is 42.2 Å². The zero-order valence-corrected chi connectivity index (χ0v) is 15.1. The molecule has 122 valence electrons. The third-order valence-corrected chi connectivity index (χ3v) is 5.35. The van der Waals surface area contributed by atoms with Crippen LogP contribution in [0.5, 0.6) is 0 Å². The van der Waals surface area contributed by atoms with Crippen LogP contribution in [0.25, 0.3) is 0 Å². The molecule has 0 bridgehead atoms. The van der Waals surface area contributed by atoms with E-state index in [-0.39, 0.29) is 0 Å². The molecule has 2 aromatic rings. The number of benzene rings is 2. The summed E-state index contributed by atoms with van der Waals surface area (Å²) in [6.45, 7) is 6.61.